The Hall–Kier alpha value is -1.49. The van der Waals surface area contributed by atoms with E-state index in [1.807, 2.05) is 0 Å². The molecule has 0 fully saturated rings. The highest BCUT2D eigenvalue weighted by Gasteiger charge is 2.20. The van der Waals surface area contributed by atoms with Crippen molar-refractivity contribution in [1.29, 1.82) is 0 Å². The predicted octanol–water partition coefficient (Wildman–Crippen LogP) is 0.971. The van der Waals surface area contributed by atoms with Crippen LogP contribution >= 0.6 is 0 Å². The maximum atomic E-state index is 13.3. The molecular weight excluding hydrogens is 202 g/mol. The van der Waals surface area contributed by atoms with Crippen LogP contribution in [0.15, 0.2) is 18.2 Å². The maximum Gasteiger partial charge on any atom is 0.241 e. The molecule has 0 aliphatic rings. The average molecular weight is 214 g/mol. The summed E-state index contributed by atoms with van der Waals surface area (Å²) in [6.45, 7) is 0. The van der Waals surface area contributed by atoms with Gasteiger partial charge in [-0.2, -0.15) is 0 Å². The van der Waals surface area contributed by atoms with Crippen LogP contribution in [-0.2, 0) is 4.79 Å². The van der Waals surface area contributed by atoms with Gasteiger partial charge < -0.3 is 10.6 Å². The first-order valence-corrected chi connectivity index (χ1v) is 4.44. The zero-order chi connectivity index (χ0) is 11.4. The fourth-order valence-electron chi connectivity index (χ4n) is 1.31. The highest BCUT2D eigenvalue weighted by molar-refractivity contribution is 5.82. The molecule has 0 saturated carbocycles. The molecule has 1 rings (SSSR count). The van der Waals surface area contributed by atoms with Crippen molar-refractivity contribution < 1.29 is 13.6 Å². The van der Waals surface area contributed by atoms with E-state index in [0.29, 0.717) is 0 Å². The summed E-state index contributed by atoms with van der Waals surface area (Å²) in [5.74, 6) is -1.77. The molecule has 2 N–H and O–H groups in total. The topological polar surface area (TPSA) is 41.1 Å². The minimum Gasteiger partial charge on any atom is -0.358 e. The van der Waals surface area contributed by atoms with Crippen molar-refractivity contribution in [3.05, 3.63) is 35.4 Å². The van der Waals surface area contributed by atoms with Crippen LogP contribution < -0.4 is 10.6 Å². The molecule has 1 unspecified atom stereocenters. The quantitative estimate of drug-likeness (QED) is 0.787. The van der Waals surface area contributed by atoms with Crippen LogP contribution in [0.5, 0.6) is 0 Å². The first kappa shape index (κ1) is 11.6. The Morgan fingerprint density at radius 3 is 2.47 bits per heavy atom. The zero-order valence-electron chi connectivity index (χ0n) is 8.47. The Morgan fingerprint density at radius 1 is 1.33 bits per heavy atom. The summed E-state index contributed by atoms with van der Waals surface area (Å²) < 4.78 is 26.0. The van der Waals surface area contributed by atoms with Gasteiger partial charge in [-0.05, 0) is 13.1 Å². The van der Waals surface area contributed by atoms with E-state index < -0.39 is 17.7 Å². The number of hydrogen-bond donors (Lipinski definition) is 2. The van der Waals surface area contributed by atoms with E-state index in [2.05, 4.69) is 10.6 Å². The van der Waals surface area contributed by atoms with Gasteiger partial charge in [-0.15, -0.1) is 0 Å². The SMILES string of the molecule is CNC(=O)C(NC)c1ccc(F)cc1F. The first-order chi connectivity index (χ1) is 7.10. The molecule has 0 aliphatic heterocycles. The highest BCUT2D eigenvalue weighted by atomic mass is 19.1. The summed E-state index contributed by atoms with van der Waals surface area (Å²) in [7, 11) is 2.98. The second kappa shape index (κ2) is 4.84. The number of carbonyl (C=O) groups is 1. The van der Waals surface area contributed by atoms with Crippen molar-refractivity contribution >= 4 is 5.91 Å². The Kier molecular flexibility index (Phi) is 3.74. The number of carbonyl (C=O) groups excluding carboxylic acids is 1. The molecule has 82 valence electrons. The molecule has 1 atom stereocenters. The van der Waals surface area contributed by atoms with E-state index in [1.165, 1.54) is 20.2 Å². The molecule has 0 aliphatic carbocycles. The van der Waals surface area contributed by atoms with Crippen molar-refractivity contribution in [3.8, 4) is 0 Å². The fourth-order valence-corrected chi connectivity index (χ4v) is 1.31. The monoisotopic (exact) mass is 214 g/mol. The van der Waals surface area contributed by atoms with Crippen LogP contribution in [0.2, 0.25) is 0 Å². The number of amides is 1. The summed E-state index contributed by atoms with van der Waals surface area (Å²) in [5.41, 5.74) is 0.123. The number of nitrogens with one attached hydrogen (secondary N) is 2. The second-order valence-electron chi connectivity index (χ2n) is 3.00. The van der Waals surface area contributed by atoms with Crippen LogP contribution in [0.1, 0.15) is 11.6 Å². The van der Waals surface area contributed by atoms with Gasteiger partial charge in [-0.1, -0.05) is 6.07 Å². The minimum absolute atomic E-state index is 0.123. The lowest BCUT2D eigenvalue weighted by Gasteiger charge is -2.15. The molecular formula is C10H12F2N2O. The molecule has 1 aromatic carbocycles. The third-order valence-corrected chi connectivity index (χ3v) is 2.07. The molecule has 0 aromatic heterocycles. The van der Waals surface area contributed by atoms with Gasteiger partial charge in [0.1, 0.15) is 17.7 Å². The zero-order valence-corrected chi connectivity index (χ0v) is 8.47. The van der Waals surface area contributed by atoms with Crippen molar-refractivity contribution in [1.82, 2.24) is 10.6 Å². The van der Waals surface area contributed by atoms with Crippen LogP contribution in [-0.4, -0.2) is 20.0 Å². The molecule has 0 spiro atoms. The van der Waals surface area contributed by atoms with E-state index in [9.17, 15) is 13.6 Å². The van der Waals surface area contributed by atoms with E-state index >= 15 is 0 Å². The maximum absolute atomic E-state index is 13.3. The number of hydrogen-bond acceptors (Lipinski definition) is 2. The number of likely N-dealkylation sites (N-methyl/N-ethyl adjacent to an activating group) is 2. The van der Waals surface area contributed by atoms with E-state index in [0.717, 1.165) is 12.1 Å². The van der Waals surface area contributed by atoms with Gasteiger partial charge in [-0.3, -0.25) is 4.79 Å². The number of benzene rings is 1. The molecule has 3 nitrogen and oxygen atoms in total. The summed E-state index contributed by atoms with van der Waals surface area (Å²) in [6, 6.07) is 2.31. The summed E-state index contributed by atoms with van der Waals surface area (Å²) in [6.07, 6.45) is 0. The molecule has 0 radical (unpaired) electrons. The molecule has 5 heteroatoms. The van der Waals surface area contributed by atoms with Crippen LogP contribution in [0.3, 0.4) is 0 Å². The van der Waals surface area contributed by atoms with Crippen molar-refractivity contribution in [2.24, 2.45) is 0 Å². The molecule has 0 heterocycles. The number of halogens is 2. The molecule has 1 aromatic rings. The van der Waals surface area contributed by atoms with Gasteiger partial charge in [0.15, 0.2) is 0 Å². The summed E-state index contributed by atoms with van der Waals surface area (Å²) in [4.78, 5) is 11.3. The molecule has 15 heavy (non-hydrogen) atoms. The van der Waals surface area contributed by atoms with Crippen molar-refractivity contribution in [3.63, 3.8) is 0 Å². The Morgan fingerprint density at radius 2 is 2.00 bits per heavy atom. The first-order valence-electron chi connectivity index (χ1n) is 4.44. The van der Waals surface area contributed by atoms with Gasteiger partial charge in [0.05, 0.1) is 0 Å². The van der Waals surface area contributed by atoms with Gasteiger partial charge in [0.25, 0.3) is 0 Å². The Labute approximate surface area is 86.5 Å². The van der Waals surface area contributed by atoms with E-state index in [4.69, 9.17) is 0 Å². The largest absolute Gasteiger partial charge is 0.358 e. The van der Waals surface area contributed by atoms with Gasteiger partial charge in [0.2, 0.25) is 5.91 Å². The number of rotatable bonds is 3. The lowest BCUT2D eigenvalue weighted by molar-refractivity contribution is -0.122. The summed E-state index contributed by atoms with van der Waals surface area (Å²) >= 11 is 0. The molecule has 0 saturated heterocycles. The second-order valence-corrected chi connectivity index (χ2v) is 3.00. The van der Waals surface area contributed by atoms with Crippen LogP contribution in [0.4, 0.5) is 8.78 Å². The minimum atomic E-state index is -0.810. The Bertz CT molecular complexity index is 368. The van der Waals surface area contributed by atoms with E-state index in [-0.39, 0.29) is 11.5 Å². The predicted molar refractivity (Wildman–Crippen MR) is 52.2 cm³/mol. The third kappa shape index (κ3) is 2.50. The van der Waals surface area contributed by atoms with Crippen LogP contribution in [0.25, 0.3) is 0 Å². The van der Waals surface area contributed by atoms with Gasteiger partial charge >= 0.3 is 0 Å². The lowest BCUT2D eigenvalue weighted by atomic mass is 10.1. The van der Waals surface area contributed by atoms with Gasteiger partial charge in [-0.25, -0.2) is 8.78 Å². The Balaban J connectivity index is 3.07. The van der Waals surface area contributed by atoms with Gasteiger partial charge in [0, 0.05) is 18.7 Å². The summed E-state index contributed by atoms with van der Waals surface area (Å²) in [5, 5.41) is 5.05. The van der Waals surface area contributed by atoms with Crippen molar-refractivity contribution in [2.45, 2.75) is 6.04 Å². The fraction of sp³-hybridized carbons (Fsp3) is 0.300. The highest BCUT2D eigenvalue weighted by Crippen LogP contribution is 2.17. The van der Waals surface area contributed by atoms with Crippen LogP contribution in [0, 0.1) is 11.6 Å². The smallest absolute Gasteiger partial charge is 0.241 e. The molecule has 0 bridgehead atoms. The standard InChI is InChI=1S/C10H12F2N2O/c1-13-9(10(15)14-2)7-4-3-6(11)5-8(7)12/h3-5,9,13H,1-2H3,(H,14,15). The normalized spacial score (nSPS) is 12.3. The molecule has 1 amide bonds. The van der Waals surface area contributed by atoms with Crippen molar-refractivity contribution in [2.75, 3.05) is 14.1 Å². The third-order valence-electron chi connectivity index (χ3n) is 2.07. The lowest BCUT2D eigenvalue weighted by Crippen LogP contribution is -2.34. The van der Waals surface area contributed by atoms with E-state index in [1.54, 1.807) is 0 Å². The average Bonchev–Trinajstić information content (AvgIpc) is 2.21.